The lowest BCUT2D eigenvalue weighted by Gasteiger charge is -2.07. The van der Waals surface area contributed by atoms with Gasteiger partial charge in [0.2, 0.25) is 0 Å². The summed E-state index contributed by atoms with van der Waals surface area (Å²) >= 11 is 0. The summed E-state index contributed by atoms with van der Waals surface area (Å²) < 4.78 is 0. The number of nitrogens with zero attached hydrogens (tertiary/aromatic N) is 2. The molecule has 0 saturated heterocycles. The van der Waals surface area contributed by atoms with E-state index in [1.165, 1.54) is 5.56 Å². The second kappa shape index (κ2) is 8.61. The molecule has 0 fully saturated rings. The Morgan fingerprint density at radius 3 is 2.81 bits per heavy atom. The van der Waals surface area contributed by atoms with Gasteiger partial charge < -0.3 is 11.1 Å². The maximum atomic E-state index is 5.91. The van der Waals surface area contributed by atoms with Gasteiger partial charge >= 0.3 is 0 Å². The first-order valence-electron chi connectivity index (χ1n) is 6.75. The Bertz CT molecular complexity index is 611. The van der Waals surface area contributed by atoms with Crippen LogP contribution in [0, 0.1) is 6.92 Å². The van der Waals surface area contributed by atoms with Crippen LogP contribution in [0.25, 0.3) is 0 Å². The summed E-state index contributed by atoms with van der Waals surface area (Å²) in [7, 11) is 0. The van der Waals surface area contributed by atoms with E-state index in [4.69, 9.17) is 5.73 Å². The van der Waals surface area contributed by atoms with Crippen LogP contribution in [-0.2, 0) is 13.0 Å². The van der Waals surface area contributed by atoms with Crippen molar-refractivity contribution in [1.82, 2.24) is 4.98 Å². The number of benzene rings is 1. The maximum absolute atomic E-state index is 5.91. The largest absolute Gasteiger partial charge is 0.370 e. The van der Waals surface area contributed by atoms with E-state index in [1.807, 2.05) is 31.2 Å². The molecule has 112 valence electrons. The third-order valence-corrected chi connectivity index (χ3v) is 3.12. The van der Waals surface area contributed by atoms with Crippen molar-refractivity contribution in [3.63, 3.8) is 0 Å². The average molecular weight is 396 g/mol. The molecule has 1 heterocycles. The molecular formula is C16H21IN4. The van der Waals surface area contributed by atoms with Crippen molar-refractivity contribution in [2.75, 3.05) is 5.32 Å². The van der Waals surface area contributed by atoms with Crippen LogP contribution >= 0.6 is 24.0 Å². The highest BCUT2D eigenvalue weighted by Gasteiger charge is 1.99. The molecule has 0 bridgehead atoms. The van der Waals surface area contributed by atoms with E-state index >= 15 is 0 Å². The van der Waals surface area contributed by atoms with Crippen LogP contribution in [0.15, 0.2) is 47.6 Å². The number of nitrogens with one attached hydrogen (secondary N) is 1. The van der Waals surface area contributed by atoms with Crippen LogP contribution in [0.4, 0.5) is 5.69 Å². The summed E-state index contributed by atoms with van der Waals surface area (Å²) in [5.74, 6) is 0.406. The van der Waals surface area contributed by atoms with Gasteiger partial charge in [0.05, 0.1) is 12.2 Å². The highest BCUT2D eigenvalue weighted by atomic mass is 127. The molecule has 0 radical (unpaired) electrons. The number of hydrogen-bond donors (Lipinski definition) is 2. The Kier molecular flexibility index (Phi) is 7.14. The predicted molar refractivity (Wildman–Crippen MR) is 99.2 cm³/mol. The van der Waals surface area contributed by atoms with Crippen molar-refractivity contribution in [3.8, 4) is 0 Å². The van der Waals surface area contributed by atoms with Crippen molar-refractivity contribution in [2.45, 2.75) is 26.8 Å². The summed E-state index contributed by atoms with van der Waals surface area (Å²) in [5, 5.41) is 3.11. The molecule has 0 aliphatic heterocycles. The monoisotopic (exact) mass is 396 g/mol. The van der Waals surface area contributed by atoms with Gasteiger partial charge in [0.1, 0.15) is 0 Å². The minimum Gasteiger partial charge on any atom is -0.370 e. The number of guanidine groups is 1. The molecule has 0 spiro atoms. The zero-order valence-corrected chi connectivity index (χ0v) is 14.7. The lowest BCUT2D eigenvalue weighted by molar-refractivity contribution is 0.964. The van der Waals surface area contributed by atoms with Gasteiger partial charge in [-0.3, -0.25) is 4.98 Å². The van der Waals surface area contributed by atoms with Gasteiger partial charge in [-0.25, -0.2) is 4.99 Å². The Labute approximate surface area is 142 Å². The number of pyridine rings is 1. The molecule has 0 aliphatic carbocycles. The van der Waals surface area contributed by atoms with E-state index in [9.17, 15) is 0 Å². The number of aromatic nitrogens is 1. The van der Waals surface area contributed by atoms with Crippen molar-refractivity contribution in [1.29, 1.82) is 0 Å². The fourth-order valence-electron chi connectivity index (χ4n) is 1.90. The van der Waals surface area contributed by atoms with Crippen LogP contribution < -0.4 is 11.1 Å². The molecule has 2 rings (SSSR count). The standard InChI is InChI=1S/C16H20N4.HI/c1-3-13-7-4-8-14(10-13)20-16(17)19-11-15-12(2)6-5-9-18-15;/h4-10H,3,11H2,1-2H3,(H3,17,19,20);1H. The molecule has 2 aromatic rings. The van der Waals surface area contributed by atoms with Crippen LogP contribution in [-0.4, -0.2) is 10.9 Å². The molecule has 1 aromatic heterocycles. The van der Waals surface area contributed by atoms with Crippen molar-refractivity contribution in [2.24, 2.45) is 10.7 Å². The number of anilines is 1. The smallest absolute Gasteiger partial charge is 0.193 e. The normalized spacial score (nSPS) is 10.9. The van der Waals surface area contributed by atoms with E-state index in [1.54, 1.807) is 6.20 Å². The lowest BCUT2D eigenvalue weighted by atomic mass is 10.1. The second-order valence-corrected chi connectivity index (χ2v) is 4.65. The van der Waals surface area contributed by atoms with E-state index in [0.29, 0.717) is 12.5 Å². The van der Waals surface area contributed by atoms with Crippen LogP contribution in [0.3, 0.4) is 0 Å². The number of hydrogen-bond acceptors (Lipinski definition) is 2. The minimum atomic E-state index is 0. The Balaban J connectivity index is 0.00000220. The zero-order valence-electron chi connectivity index (χ0n) is 12.3. The number of aliphatic imine (C=N–C) groups is 1. The first-order chi connectivity index (χ1) is 9.69. The quantitative estimate of drug-likeness (QED) is 0.473. The fourth-order valence-corrected chi connectivity index (χ4v) is 1.90. The van der Waals surface area contributed by atoms with Crippen LogP contribution in [0.5, 0.6) is 0 Å². The molecule has 0 atom stereocenters. The number of rotatable bonds is 4. The molecule has 0 aliphatic rings. The number of nitrogens with two attached hydrogens (primary N) is 1. The molecule has 5 heteroatoms. The average Bonchev–Trinajstić information content (AvgIpc) is 2.46. The molecule has 4 nitrogen and oxygen atoms in total. The van der Waals surface area contributed by atoms with E-state index < -0.39 is 0 Å². The predicted octanol–water partition coefficient (Wildman–Crippen LogP) is 3.50. The van der Waals surface area contributed by atoms with Gasteiger partial charge in [0.15, 0.2) is 5.96 Å². The molecule has 3 N–H and O–H groups in total. The summed E-state index contributed by atoms with van der Waals surface area (Å²) in [6.07, 6.45) is 2.77. The molecule has 0 saturated carbocycles. The maximum Gasteiger partial charge on any atom is 0.193 e. The van der Waals surface area contributed by atoms with Gasteiger partial charge in [-0.2, -0.15) is 0 Å². The van der Waals surface area contributed by atoms with Crippen molar-refractivity contribution in [3.05, 3.63) is 59.4 Å². The fraction of sp³-hybridized carbons (Fsp3) is 0.250. The number of halogens is 1. The third kappa shape index (κ3) is 5.34. The SMILES string of the molecule is CCc1cccc(NC(N)=NCc2ncccc2C)c1.I. The zero-order chi connectivity index (χ0) is 14.4. The Morgan fingerprint density at radius 1 is 1.29 bits per heavy atom. The second-order valence-electron chi connectivity index (χ2n) is 4.65. The summed E-state index contributed by atoms with van der Waals surface area (Å²) in [6.45, 7) is 4.63. The molecule has 1 aromatic carbocycles. The first-order valence-corrected chi connectivity index (χ1v) is 6.75. The van der Waals surface area contributed by atoms with Crippen LogP contribution in [0.1, 0.15) is 23.7 Å². The van der Waals surface area contributed by atoms with Gasteiger partial charge in [0.25, 0.3) is 0 Å². The minimum absolute atomic E-state index is 0. The van der Waals surface area contributed by atoms with Crippen LogP contribution in [0.2, 0.25) is 0 Å². The van der Waals surface area contributed by atoms with Gasteiger partial charge in [0, 0.05) is 11.9 Å². The van der Waals surface area contributed by atoms with E-state index in [2.05, 4.69) is 34.3 Å². The third-order valence-electron chi connectivity index (χ3n) is 3.12. The van der Waals surface area contributed by atoms with E-state index in [-0.39, 0.29) is 24.0 Å². The Morgan fingerprint density at radius 2 is 2.10 bits per heavy atom. The van der Waals surface area contributed by atoms with Gasteiger partial charge in [-0.15, -0.1) is 24.0 Å². The first kappa shape index (κ1) is 17.4. The molecule has 0 unspecified atom stereocenters. The summed E-state index contributed by atoms with van der Waals surface area (Å²) in [5.41, 5.74) is 10.2. The highest BCUT2D eigenvalue weighted by molar-refractivity contribution is 14.0. The van der Waals surface area contributed by atoms with Crippen molar-refractivity contribution < 1.29 is 0 Å². The summed E-state index contributed by atoms with van der Waals surface area (Å²) in [4.78, 5) is 8.62. The van der Waals surface area contributed by atoms with Crippen molar-refractivity contribution >= 4 is 35.6 Å². The molecule has 0 amide bonds. The van der Waals surface area contributed by atoms with Gasteiger partial charge in [-0.1, -0.05) is 25.1 Å². The lowest BCUT2D eigenvalue weighted by Crippen LogP contribution is -2.22. The van der Waals surface area contributed by atoms with E-state index in [0.717, 1.165) is 23.4 Å². The number of aryl methyl sites for hydroxylation is 2. The molecule has 21 heavy (non-hydrogen) atoms. The molecular weight excluding hydrogens is 375 g/mol. The topological polar surface area (TPSA) is 63.3 Å². The highest BCUT2D eigenvalue weighted by Crippen LogP contribution is 2.11. The summed E-state index contributed by atoms with van der Waals surface area (Å²) in [6, 6.07) is 12.1. The Hall–Kier alpha value is -1.63. The van der Waals surface area contributed by atoms with Gasteiger partial charge in [-0.05, 0) is 42.7 Å².